The van der Waals surface area contributed by atoms with Gasteiger partial charge in [0.25, 0.3) is 0 Å². The maximum Gasteiger partial charge on any atom is 0.191 e. The molecular weight excluding hydrogens is 403 g/mol. The molecule has 2 N–H and O–H groups in total. The number of piperazine rings is 1. The van der Waals surface area contributed by atoms with Crippen LogP contribution in [0.5, 0.6) is 0 Å². The number of aromatic nitrogens is 1. The van der Waals surface area contributed by atoms with E-state index >= 15 is 0 Å². The molecule has 0 bridgehead atoms. The van der Waals surface area contributed by atoms with Crippen LogP contribution >= 0.6 is 24.0 Å². The van der Waals surface area contributed by atoms with Gasteiger partial charge in [-0.1, -0.05) is 6.07 Å². The highest BCUT2D eigenvalue weighted by atomic mass is 127. The highest BCUT2D eigenvalue weighted by Crippen LogP contribution is 2.19. The number of hydrogen-bond donors (Lipinski definition) is 1. The maximum atomic E-state index is 6.07. The van der Waals surface area contributed by atoms with E-state index in [9.17, 15) is 0 Å². The first-order valence-corrected chi connectivity index (χ1v) is 8.08. The van der Waals surface area contributed by atoms with E-state index in [0.717, 1.165) is 50.6 Å². The summed E-state index contributed by atoms with van der Waals surface area (Å²) >= 11 is 0. The second kappa shape index (κ2) is 9.92. The molecule has 1 saturated heterocycles. The quantitative estimate of drug-likeness (QED) is 0.435. The van der Waals surface area contributed by atoms with E-state index in [2.05, 4.69) is 51.6 Å². The molecule has 2 heterocycles. The zero-order valence-corrected chi connectivity index (χ0v) is 16.7. The smallest absolute Gasteiger partial charge is 0.191 e. The van der Waals surface area contributed by atoms with Gasteiger partial charge in [-0.2, -0.15) is 0 Å². The minimum Gasteiger partial charge on any atom is -0.370 e. The number of nitrogens with two attached hydrogens (primary N) is 1. The largest absolute Gasteiger partial charge is 0.370 e. The molecule has 130 valence electrons. The van der Waals surface area contributed by atoms with Crippen LogP contribution < -0.4 is 10.6 Å². The van der Waals surface area contributed by atoms with Gasteiger partial charge in [0, 0.05) is 51.0 Å². The summed E-state index contributed by atoms with van der Waals surface area (Å²) in [6.45, 7) is 10.7. The standard InChI is InChI=1S/C16H28N6.HI/c1-4-21(5-2)16(17)19-13-14-7-6-8-18-15(14)22-11-9-20(3)10-12-22;/h6-8H,4-5,9-13H2,1-3H3,(H2,17,19);1H. The highest BCUT2D eigenvalue weighted by Gasteiger charge is 2.17. The second-order valence-corrected chi connectivity index (χ2v) is 5.62. The van der Waals surface area contributed by atoms with Crippen molar-refractivity contribution in [1.82, 2.24) is 14.8 Å². The predicted octanol–water partition coefficient (Wildman–Crippen LogP) is 1.61. The minimum absolute atomic E-state index is 0. The van der Waals surface area contributed by atoms with Gasteiger partial charge in [0.1, 0.15) is 5.82 Å². The van der Waals surface area contributed by atoms with Gasteiger partial charge in [-0.25, -0.2) is 9.98 Å². The third-order valence-corrected chi connectivity index (χ3v) is 4.17. The molecule has 0 radical (unpaired) electrons. The fraction of sp³-hybridized carbons (Fsp3) is 0.625. The van der Waals surface area contributed by atoms with Crippen LogP contribution in [0.4, 0.5) is 5.82 Å². The molecule has 6 nitrogen and oxygen atoms in total. The summed E-state index contributed by atoms with van der Waals surface area (Å²) in [7, 11) is 2.16. The Bertz CT molecular complexity index is 495. The zero-order valence-electron chi connectivity index (χ0n) is 14.4. The van der Waals surface area contributed by atoms with Gasteiger partial charge in [-0.15, -0.1) is 24.0 Å². The van der Waals surface area contributed by atoms with E-state index in [-0.39, 0.29) is 24.0 Å². The number of aliphatic imine (C=N–C) groups is 1. The Morgan fingerprint density at radius 3 is 2.52 bits per heavy atom. The SMILES string of the molecule is CCN(CC)C(N)=NCc1cccnc1N1CCN(C)CC1.I. The lowest BCUT2D eigenvalue weighted by atomic mass is 10.2. The number of nitrogens with zero attached hydrogens (tertiary/aromatic N) is 5. The molecule has 0 aliphatic carbocycles. The molecule has 0 spiro atoms. The fourth-order valence-corrected chi connectivity index (χ4v) is 2.67. The first-order chi connectivity index (χ1) is 10.7. The van der Waals surface area contributed by atoms with Crippen molar-refractivity contribution in [3.8, 4) is 0 Å². The first-order valence-electron chi connectivity index (χ1n) is 8.08. The minimum atomic E-state index is 0. The van der Waals surface area contributed by atoms with Crippen LogP contribution in [0, 0.1) is 0 Å². The number of anilines is 1. The van der Waals surface area contributed by atoms with Crippen LogP contribution in [0.15, 0.2) is 23.3 Å². The van der Waals surface area contributed by atoms with E-state index < -0.39 is 0 Å². The molecule has 0 saturated carbocycles. The summed E-state index contributed by atoms with van der Waals surface area (Å²) in [6.07, 6.45) is 1.86. The number of halogens is 1. The van der Waals surface area contributed by atoms with Gasteiger partial charge in [0.2, 0.25) is 0 Å². The molecule has 7 heteroatoms. The molecule has 1 aliphatic heterocycles. The molecule has 1 aromatic rings. The summed E-state index contributed by atoms with van der Waals surface area (Å²) in [4.78, 5) is 15.9. The van der Waals surface area contributed by atoms with Crippen molar-refractivity contribution < 1.29 is 0 Å². The van der Waals surface area contributed by atoms with Gasteiger partial charge >= 0.3 is 0 Å². The Kier molecular flexibility index (Phi) is 8.60. The predicted molar refractivity (Wildman–Crippen MR) is 108 cm³/mol. The molecule has 0 unspecified atom stereocenters. The lowest BCUT2D eigenvalue weighted by molar-refractivity contribution is 0.312. The van der Waals surface area contributed by atoms with Crippen LogP contribution in [0.3, 0.4) is 0 Å². The third kappa shape index (κ3) is 5.49. The van der Waals surface area contributed by atoms with Crippen molar-refractivity contribution in [3.63, 3.8) is 0 Å². The van der Waals surface area contributed by atoms with Gasteiger partial charge in [-0.05, 0) is 27.0 Å². The molecule has 2 rings (SSSR count). The van der Waals surface area contributed by atoms with E-state index in [1.807, 2.05) is 12.3 Å². The van der Waals surface area contributed by atoms with Crippen molar-refractivity contribution in [2.75, 3.05) is 51.2 Å². The normalized spacial score (nSPS) is 16.1. The average Bonchev–Trinajstić information content (AvgIpc) is 2.55. The fourth-order valence-electron chi connectivity index (χ4n) is 2.67. The topological polar surface area (TPSA) is 61.0 Å². The Labute approximate surface area is 156 Å². The van der Waals surface area contributed by atoms with E-state index in [1.54, 1.807) is 0 Å². The van der Waals surface area contributed by atoms with Crippen LogP contribution in [0.25, 0.3) is 0 Å². The van der Waals surface area contributed by atoms with Crippen LogP contribution in [0.1, 0.15) is 19.4 Å². The van der Waals surface area contributed by atoms with Gasteiger partial charge in [-0.3, -0.25) is 0 Å². The molecule has 0 aromatic carbocycles. The lowest BCUT2D eigenvalue weighted by Crippen LogP contribution is -2.45. The summed E-state index contributed by atoms with van der Waals surface area (Å²) in [6, 6.07) is 4.07. The monoisotopic (exact) mass is 432 g/mol. The Morgan fingerprint density at radius 1 is 1.26 bits per heavy atom. The molecule has 0 atom stereocenters. The van der Waals surface area contributed by atoms with Crippen molar-refractivity contribution >= 4 is 35.8 Å². The maximum absolute atomic E-state index is 6.07. The molecular formula is C16H29IN6. The van der Waals surface area contributed by atoms with Crippen molar-refractivity contribution in [2.24, 2.45) is 10.7 Å². The average molecular weight is 432 g/mol. The molecule has 1 aliphatic rings. The molecule has 23 heavy (non-hydrogen) atoms. The Morgan fingerprint density at radius 2 is 1.91 bits per heavy atom. The molecule has 1 fully saturated rings. The van der Waals surface area contributed by atoms with Gasteiger partial charge < -0.3 is 20.4 Å². The summed E-state index contributed by atoms with van der Waals surface area (Å²) < 4.78 is 0. The zero-order chi connectivity index (χ0) is 15.9. The number of hydrogen-bond acceptors (Lipinski definition) is 4. The van der Waals surface area contributed by atoms with Gasteiger partial charge in [0.15, 0.2) is 5.96 Å². The summed E-state index contributed by atoms with van der Waals surface area (Å²) in [5.41, 5.74) is 7.21. The number of likely N-dealkylation sites (N-methyl/N-ethyl adjacent to an activating group) is 1. The van der Waals surface area contributed by atoms with Crippen LogP contribution in [0.2, 0.25) is 0 Å². The Balaban J connectivity index is 0.00000264. The van der Waals surface area contributed by atoms with E-state index in [0.29, 0.717) is 12.5 Å². The number of rotatable bonds is 5. The Hall–Kier alpha value is -1.09. The van der Waals surface area contributed by atoms with Crippen molar-refractivity contribution in [3.05, 3.63) is 23.9 Å². The third-order valence-electron chi connectivity index (χ3n) is 4.17. The number of pyridine rings is 1. The van der Waals surface area contributed by atoms with Crippen LogP contribution in [-0.4, -0.2) is 67.1 Å². The second-order valence-electron chi connectivity index (χ2n) is 5.62. The molecule has 1 aromatic heterocycles. The van der Waals surface area contributed by atoms with E-state index in [4.69, 9.17) is 5.73 Å². The highest BCUT2D eigenvalue weighted by molar-refractivity contribution is 14.0. The van der Waals surface area contributed by atoms with E-state index in [1.165, 1.54) is 0 Å². The van der Waals surface area contributed by atoms with Crippen LogP contribution in [-0.2, 0) is 6.54 Å². The van der Waals surface area contributed by atoms with Crippen molar-refractivity contribution in [2.45, 2.75) is 20.4 Å². The summed E-state index contributed by atoms with van der Waals surface area (Å²) in [5.74, 6) is 1.66. The van der Waals surface area contributed by atoms with Gasteiger partial charge in [0.05, 0.1) is 6.54 Å². The number of guanidine groups is 1. The summed E-state index contributed by atoms with van der Waals surface area (Å²) in [5, 5.41) is 0. The molecule has 0 amide bonds. The van der Waals surface area contributed by atoms with Crippen molar-refractivity contribution in [1.29, 1.82) is 0 Å². The lowest BCUT2D eigenvalue weighted by Gasteiger charge is -2.34. The first kappa shape index (κ1) is 20.0.